The lowest BCUT2D eigenvalue weighted by molar-refractivity contribution is 0.578. The first-order chi connectivity index (χ1) is 10.4. The summed E-state index contributed by atoms with van der Waals surface area (Å²) >= 11 is 0. The maximum Gasteiger partial charge on any atom is 0.0691 e. The summed E-state index contributed by atoms with van der Waals surface area (Å²) in [6.45, 7) is 2.36. The number of H-pyrrole nitrogens is 1. The van der Waals surface area contributed by atoms with Crippen molar-refractivity contribution in [3.05, 3.63) is 54.7 Å². The number of aromatic amines is 1. The van der Waals surface area contributed by atoms with Crippen molar-refractivity contribution in [1.82, 2.24) is 4.98 Å². The van der Waals surface area contributed by atoms with Gasteiger partial charge in [0, 0.05) is 24.8 Å². The first-order valence-electron chi connectivity index (χ1n) is 7.83. The molecule has 2 nitrogen and oxygen atoms in total. The Hall–Kier alpha value is -2.22. The van der Waals surface area contributed by atoms with E-state index in [2.05, 4.69) is 64.6 Å². The van der Waals surface area contributed by atoms with Crippen molar-refractivity contribution in [1.29, 1.82) is 0 Å². The monoisotopic (exact) mass is 276 g/mol. The summed E-state index contributed by atoms with van der Waals surface area (Å²) in [5.41, 5.74) is 3.88. The molecule has 2 heteroatoms. The molecule has 3 aromatic rings. The Morgan fingerprint density at radius 3 is 2.48 bits per heavy atom. The number of aromatic nitrogens is 1. The van der Waals surface area contributed by atoms with Gasteiger partial charge in [0.15, 0.2) is 0 Å². The average Bonchev–Trinajstić information content (AvgIpc) is 3.05. The second kappa shape index (κ2) is 5.28. The van der Waals surface area contributed by atoms with E-state index in [1.165, 1.54) is 60.1 Å². The topological polar surface area (TPSA) is 19.0 Å². The molecule has 0 radical (unpaired) electrons. The van der Waals surface area contributed by atoms with Crippen LogP contribution in [-0.4, -0.2) is 18.1 Å². The first kappa shape index (κ1) is 12.5. The van der Waals surface area contributed by atoms with Gasteiger partial charge in [-0.1, -0.05) is 36.4 Å². The van der Waals surface area contributed by atoms with Gasteiger partial charge >= 0.3 is 0 Å². The Bertz CT molecular complexity index is 751. The quantitative estimate of drug-likeness (QED) is 0.710. The van der Waals surface area contributed by atoms with Crippen LogP contribution in [0.25, 0.3) is 22.0 Å². The van der Waals surface area contributed by atoms with Gasteiger partial charge in [-0.25, -0.2) is 0 Å². The van der Waals surface area contributed by atoms with Gasteiger partial charge in [0.05, 0.1) is 11.4 Å². The zero-order chi connectivity index (χ0) is 14.1. The summed E-state index contributed by atoms with van der Waals surface area (Å²) in [7, 11) is 0. The molecule has 1 aliphatic rings. The smallest absolute Gasteiger partial charge is 0.0691 e. The minimum atomic E-state index is 1.18. The molecule has 1 aromatic heterocycles. The average molecular weight is 276 g/mol. The number of hydrogen-bond acceptors (Lipinski definition) is 1. The van der Waals surface area contributed by atoms with Crippen LogP contribution in [0.2, 0.25) is 0 Å². The van der Waals surface area contributed by atoms with Gasteiger partial charge in [-0.3, -0.25) is 0 Å². The number of nitrogens with zero attached hydrogens (tertiary/aromatic N) is 1. The third kappa shape index (κ3) is 2.31. The molecule has 0 amide bonds. The molecule has 4 rings (SSSR count). The number of piperidine rings is 1. The second-order valence-corrected chi connectivity index (χ2v) is 5.85. The molecule has 2 heterocycles. The highest BCUT2D eigenvalue weighted by molar-refractivity contribution is 5.89. The van der Waals surface area contributed by atoms with Gasteiger partial charge in [0.2, 0.25) is 0 Å². The fraction of sp³-hybridized carbons (Fsp3) is 0.263. The third-order valence-electron chi connectivity index (χ3n) is 4.46. The van der Waals surface area contributed by atoms with Gasteiger partial charge < -0.3 is 9.88 Å². The van der Waals surface area contributed by atoms with Crippen LogP contribution < -0.4 is 4.90 Å². The summed E-state index contributed by atoms with van der Waals surface area (Å²) in [5.74, 6) is 0. The Morgan fingerprint density at radius 1 is 0.810 bits per heavy atom. The molecule has 1 saturated heterocycles. The Balaban J connectivity index is 1.76. The fourth-order valence-electron chi connectivity index (χ4n) is 3.34. The lowest BCUT2D eigenvalue weighted by Gasteiger charge is -2.29. The second-order valence-electron chi connectivity index (χ2n) is 5.85. The predicted octanol–water partition coefficient (Wildman–Crippen LogP) is 4.83. The minimum Gasteiger partial charge on any atom is -0.370 e. The number of fused-ring (bicyclic) bond motifs is 1. The first-order valence-corrected chi connectivity index (χ1v) is 7.83. The number of rotatable bonds is 2. The van der Waals surface area contributed by atoms with Crippen LogP contribution in [0.15, 0.2) is 54.7 Å². The van der Waals surface area contributed by atoms with E-state index in [1.807, 2.05) is 0 Å². The molecule has 0 saturated carbocycles. The Kier molecular flexibility index (Phi) is 3.15. The van der Waals surface area contributed by atoms with E-state index >= 15 is 0 Å². The van der Waals surface area contributed by atoms with E-state index in [9.17, 15) is 0 Å². The van der Waals surface area contributed by atoms with Crippen LogP contribution >= 0.6 is 0 Å². The van der Waals surface area contributed by atoms with Crippen LogP contribution in [0.4, 0.5) is 5.69 Å². The van der Waals surface area contributed by atoms with E-state index in [4.69, 9.17) is 0 Å². The summed E-state index contributed by atoms with van der Waals surface area (Å²) < 4.78 is 0. The maximum atomic E-state index is 3.44. The Morgan fingerprint density at radius 2 is 1.62 bits per heavy atom. The highest BCUT2D eigenvalue weighted by Crippen LogP contribution is 2.33. The van der Waals surface area contributed by atoms with Crippen molar-refractivity contribution in [2.24, 2.45) is 0 Å². The highest BCUT2D eigenvalue weighted by atomic mass is 15.1. The molecule has 1 N–H and O–H groups in total. The largest absolute Gasteiger partial charge is 0.370 e. The molecule has 21 heavy (non-hydrogen) atoms. The third-order valence-corrected chi connectivity index (χ3v) is 4.46. The highest BCUT2D eigenvalue weighted by Gasteiger charge is 2.16. The van der Waals surface area contributed by atoms with E-state index in [1.54, 1.807) is 0 Å². The standard InChI is InChI=1S/C19H20N2/c1-4-12-21(13-5-1)18-10-11-20-19(18)17-9-8-15-6-2-3-7-16(15)14-17/h2-3,6-11,14,20H,1,4-5,12-13H2. The van der Waals surface area contributed by atoms with E-state index in [0.717, 1.165) is 0 Å². The lowest BCUT2D eigenvalue weighted by Crippen LogP contribution is -2.29. The van der Waals surface area contributed by atoms with Gasteiger partial charge in [0.25, 0.3) is 0 Å². The van der Waals surface area contributed by atoms with Crippen molar-refractivity contribution in [3.8, 4) is 11.3 Å². The summed E-state index contributed by atoms with van der Waals surface area (Å²) in [5, 5.41) is 2.60. The zero-order valence-corrected chi connectivity index (χ0v) is 12.2. The van der Waals surface area contributed by atoms with Gasteiger partial charge in [-0.2, -0.15) is 0 Å². The number of benzene rings is 2. The van der Waals surface area contributed by atoms with Crippen LogP contribution in [0, 0.1) is 0 Å². The molecule has 0 bridgehead atoms. The Labute approximate surface area is 125 Å². The molecular formula is C19H20N2. The summed E-state index contributed by atoms with van der Waals surface area (Å²) in [4.78, 5) is 5.96. The SMILES string of the molecule is c1ccc2cc(-c3[nH]ccc3N3CCCCC3)ccc2c1. The molecule has 2 aromatic carbocycles. The van der Waals surface area contributed by atoms with Crippen molar-refractivity contribution >= 4 is 16.5 Å². The zero-order valence-electron chi connectivity index (χ0n) is 12.2. The van der Waals surface area contributed by atoms with Crippen LogP contribution in [0.1, 0.15) is 19.3 Å². The molecule has 106 valence electrons. The lowest BCUT2D eigenvalue weighted by atomic mass is 10.0. The van der Waals surface area contributed by atoms with Crippen molar-refractivity contribution in [2.45, 2.75) is 19.3 Å². The van der Waals surface area contributed by atoms with Crippen LogP contribution in [0.3, 0.4) is 0 Å². The number of nitrogens with one attached hydrogen (secondary N) is 1. The van der Waals surface area contributed by atoms with Crippen molar-refractivity contribution in [3.63, 3.8) is 0 Å². The molecule has 0 unspecified atom stereocenters. The molecule has 1 fully saturated rings. The van der Waals surface area contributed by atoms with Crippen molar-refractivity contribution in [2.75, 3.05) is 18.0 Å². The molecule has 1 aliphatic heterocycles. The van der Waals surface area contributed by atoms with Crippen LogP contribution in [0.5, 0.6) is 0 Å². The van der Waals surface area contributed by atoms with Gasteiger partial charge in [-0.15, -0.1) is 0 Å². The van der Waals surface area contributed by atoms with Gasteiger partial charge in [-0.05, 0) is 42.2 Å². The maximum absolute atomic E-state index is 3.44. The molecular weight excluding hydrogens is 256 g/mol. The van der Waals surface area contributed by atoms with E-state index in [-0.39, 0.29) is 0 Å². The summed E-state index contributed by atoms with van der Waals surface area (Å²) in [6, 6.07) is 17.5. The number of hydrogen-bond donors (Lipinski definition) is 1. The van der Waals surface area contributed by atoms with E-state index < -0.39 is 0 Å². The molecule has 0 aliphatic carbocycles. The predicted molar refractivity (Wildman–Crippen MR) is 89.8 cm³/mol. The molecule has 0 atom stereocenters. The van der Waals surface area contributed by atoms with Gasteiger partial charge in [0.1, 0.15) is 0 Å². The van der Waals surface area contributed by atoms with Crippen molar-refractivity contribution < 1.29 is 0 Å². The van der Waals surface area contributed by atoms with E-state index in [0.29, 0.717) is 0 Å². The minimum absolute atomic E-state index is 1.18. The summed E-state index contributed by atoms with van der Waals surface area (Å²) in [6.07, 6.45) is 6.05. The normalized spacial score (nSPS) is 15.5. The van der Waals surface area contributed by atoms with Crippen LogP contribution in [-0.2, 0) is 0 Å². The fourth-order valence-corrected chi connectivity index (χ4v) is 3.34. The molecule has 0 spiro atoms. The number of anilines is 1.